The van der Waals surface area contributed by atoms with Crippen molar-refractivity contribution in [3.63, 3.8) is 0 Å². The number of hydrogen-bond donors (Lipinski definition) is 6. The van der Waals surface area contributed by atoms with Gasteiger partial charge in [0.25, 0.3) is 0 Å². The van der Waals surface area contributed by atoms with E-state index in [1.807, 2.05) is 22.8 Å². The van der Waals surface area contributed by atoms with Crippen molar-refractivity contribution in [2.45, 2.75) is 39.0 Å². The van der Waals surface area contributed by atoms with Crippen molar-refractivity contribution in [3.05, 3.63) is 40.4 Å². The largest absolute Gasteiger partial charge is 0.465 e. The number of carboxylic acid groups (broad SMARTS) is 2. The van der Waals surface area contributed by atoms with Gasteiger partial charge in [0.05, 0.1) is 11.6 Å². The molecule has 3 rings (SSSR count). The first-order chi connectivity index (χ1) is 18.0. The Hall–Kier alpha value is -3.91. The molecule has 1 aliphatic rings. The first kappa shape index (κ1) is 28.7. The van der Waals surface area contributed by atoms with Crippen LogP contribution in [0.1, 0.15) is 29.5 Å². The van der Waals surface area contributed by atoms with Gasteiger partial charge in [-0.1, -0.05) is 12.1 Å². The summed E-state index contributed by atoms with van der Waals surface area (Å²) in [5.74, 6) is -0.0668. The molecule has 0 radical (unpaired) electrons. The predicted molar refractivity (Wildman–Crippen MR) is 142 cm³/mol. The average molecular weight is 548 g/mol. The summed E-state index contributed by atoms with van der Waals surface area (Å²) >= 11 is 1.44. The molecule has 13 nitrogen and oxygen atoms in total. The van der Waals surface area contributed by atoms with Gasteiger partial charge in [-0.05, 0) is 43.5 Å². The predicted octanol–water partition coefficient (Wildman–Crippen LogP) is 2.03. The fourth-order valence-corrected chi connectivity index (χ4v) is 5.30. The minimum atomic E-state index is -1.38. The number of carbonyl (C=O) groups excluding carboxylic acids is 2. The summed E-state index contributed by atoms with van der Waals surface area (Å²) in [6.45, 7) is 3.60. The number of hydrogen-bond acceptors (Lipinski definition) is 8. The average Bonchev–Trinajstić information content (AvgIpc) is 3.43. The van der Waals surface area contributed by atoms with Crippen molar-refractivity contribution < 1.29 is 29.4 Å². The maximum atomic E-state index is 12.4. The monoisotopic (exact) mass is 547 g/mol. The van der Waals surface area contributed by atoms with Crippen molar-refractivity contribution >= 4 is 46.2 Å². The molecule has 0 bridgehead atoms. The Bertz CT molecular complexity index is 1140. The Balaban J connectivity index is 1.64. The number of likely N-dealkylation sites (tertiary alicyclic amines) is 1. The van der Waals surface area contributed by atoms with Crippen molar-refractivity contribution in [2.75, 3.05) is 37.8 Å². The summed E-state index contributed by atoms with van der Waals surface area (Å²) in [6, 6.07) is 7.18. The zero-order valence-electron chi connectivity index (χ0n) is 21.5. The van der Waals surface area contributed by atoms with Crippen LogP contribution in [0.2, 0.25) is 0 Å². The van der Waals surface area contributed by atoms with E-state index in [1.54, 1.807) is 31.1 Å². The van der Waals surface area contributed by atoms with Crippen LogP contribution in [0.15, 0.2) is 24.3 Å². The van der Waals surface area contributed by atoms with Gasteiger partial charge < -0.3 is 25.7 Å². The third-order valence-corrected chi connectivity index (χ3v) is 6.94. The van der Waals surface area contributed by atoms with Gasteiger partial charge in [0, 0.05) is 44.7 Å². The zero-order valence-corrected chi connectivity index (χ0v) is 22.3. The first-order valence-electron chi connectivity index (χ1n) is 12.0. The second-order valence-electron chi connectivity index (χ2n) is 9.20. The molecule has 6 N–H and O–H groups in total. The van der Waals surface area contributed by atoms with E-state index in [-0.39, 0.29) is 17.7 Å². The molecule has 1 aliphatic heterocycles. The van der Waals surface area contributed by atoms with Gasteiger partial charge in [0.15, 0.2) is 11.4 Å². The minimum absolute atomic E-state index is 0.0145. The van der Waals surface area contributed by atoms with Crippen molar-refractivity contribution in [1.29, 1.82) is 0 Å². The fraction of sp³-hybridized carbons (Fsp3) is 0.458. The molecule has 206 valence electrons. The minimum Gasteiger partial charge on any atom is -0.465 e. The Kier molecular flexibility index (Phi) is 9.85. The van der Waals surface area contributed by atoms with Crippen LogP contribution < -0.4 is 21.3 Å². The molecule has 0 unspecified atom stereocenters. The Morgan fingerprint density at radius 2 is 1.76 bits per heavy atom. The number of aromatic nitrogens is 1. The number of benzene rings is 1. The molecule has 1 fully saturated rings. The van der Waals surface area contributed by atoms with E-state index >= 15 is 0 Å². The Morgan fingerprint density at radius 1 is 1.11 bits per heavy atom. The summed E-state index contributed by atoms with van der Waals surface area (Å²) in [4.78, 5) is 55.3. The van der Waals surface area contributed by atoms with Crippen LogP contribution in [0.5, 0.6) is 0 Å². The third-order valence-electron chi connectivity index (χ3n) is 5.94. The van der Waals surface area contributed by atoms with Crippen LogP contribution in [-0.4, -0.2) is 82.5 Å². The summed E-state index contributed by atoms with van der Waals surface area (Å²) in [7, 11) is 3.54. The standard InChI is InChI=1S/C24H33N7O6S/c1-14(32)25-22-27-18(19(38-22)13-31-11-10-16(12-31)20(33)30(2)3)9-6-15-4-7-17(8-5-15)26-21(28-23(34)35)29-24(36)37/h4-5,7-8,16,21,26,28-29H,6,9-13H2,1-3H3,(H,34,35)(H,36,37)(H,25,27,32)/t16-/m1/s1. The van der Waals surface area contributed by atoms with E-state index in [2.05, 4.69) is 20.5 Å². The van der Waals surface area contributed by atoms with Gasteiger partial charge in [-0.3, -0.25) is 25.1 Å². The number of thiazole rings is 1. The number of anilines is 2. The van der Waals surface area contributed by atoms with Gasteiger partial charge in [0.2, 0.25) is 11.8 Å². The van der Waals surface area contributed by atoms with E-state index in [9.17, 15) is 19.2 Å². The molecular weight excluding hydrogens is 514 g/mol. The molecule has 0 spiro atoms. The van der Waals surface area contributed by atoms with Crippen molar-refractivity contribution in [3.8, 4) is 0 Å². The fourth-order valence-electron chi connectivity index (χ4n) is 4.20. The number of aryl methyl sites for hydroxylation is 2. The lowest BCUT2D eigenvalue weighted by atomic mass is 10.1. The van der Waals surface area contributed by atoms with Crippen LogP contribution in [0.3, 0.4) is 0 Å². The van der Waals surface area contributed by atoms with Crippen LogP contribution >= 0.6 is 11.3 Å². The summed E-state index contributed by atoms with van der Waals surface area (Å²) in [6.07, 6.45) is -1.84. The van der Waals surface area contributed by atoms with Crippen LogP contribution in [0.4, 0.5) is 20.4 Å². The molecule has 38 heavy (non-hydrogen) atoms. The van der Waals surface area contributed by atoms with Gasteiger partial charge in [-0.15, -0.1) is 11.3 Å². The lowest BCUT2D eigenvalue weighted by molar-refractivity contribution is -0.132. The van der Waals surface area contributed by atoms with E-state index in [0.29, 0.717) is 36.8 Å². The van der Waals surface area contributed by atoms with Crippen LogP contribution in [-0.2, 0) is 29.0 Å². The smallest absolute Gasteiger partial charge is 0.407 e. The van der Waals surface area contributed by atoms with Crippen LogP contribution in [0.25, 0.3) is 0 Å². The number of nitrogens with zero attached hydrogens (tertiary/aromatic N) is 3. The SMILES string of the molecule is CC(=O)Nc1nc(CCc2ccc(NC(NC(=O)O)NC(=O)O)cc2)c(CN2CC[C@@H](C(=O)N(C)C)C2)s1. The van der Waals surface area contributed by atoms with E-state index in [1.165, 1.54) is 18.3 Å². The molecule has 2 heterocycles. The highest BCUT2D eigenvalue weighted by molar-refractivity contribution is 7.15. The van der Waals surface area contributed by atoms with Gasteiger partial charge in [-0.2, -0.15) is 0 Å². The van der Waals surface area contributed by atoms with Gasteiger partial charge in [-0.25, -0.2) is 14.6 Å². The zero-order chi connectivity index (χ0) is 27.8. The van der Waals surface area contributed by atoms with Crippen molar-refractivity contribution in [1.82, 2.24) is 25.4 Å². The summed E-state index contributed by atoms with van der Waals surface area (Å²) < 4.78 is 0. The summed E-state index contributed by atoms with van der Waals surface area (Å²) in [5.41, 5.74) is 2.42. The number of carbonyl (C=O) groups is 4. The van der Waals surface area contributed by atoms with Gasteiger partial charge >= 0.3 is 12.2 Å². The highest BCUT2D eigenvalue weighted by Gasteiger charge is 2.30. The maximum absolute atomic E-state index is 12.4. The summed E-state index contributed by atoms with van der Waals surface area (Å²) in [5, 5.41) is 27.9. The molecule has 0 saturated carbocycles. The lowest BCUT2D eigenvalue weighted by Gasteiger charge is -2.19. The molecule has 1 saturated heterocycles. The Morgan fingerprint density at radius 3 is 2.34 bits per heavy atom. The number of rotatable bonds is 11. The molecule has 1 aromatic carbocycles. The molecule has 2 aromatic rings. The van der Waals surface area contributed by atoms with Crippen LogP contribution in [0, 0.1) is 5.92 Å². The van der Waals surface area contributed by atoms with Crippen molar-refractivity contribution in [2.24, 2.45) is 5.92 Å². The molecule has 0 aliphatic carbocycles. The van der Waals surface area contributed by atoms with E-state index in [4.69, 9.17) is 10.2 Å². The quantitative estimate of drug-likeness (QED) is 0.230. The third kappa shape index (κ3) is 8.59. The maximum Gasteiger partial charge on any atom is 0.407 e. The molecule has 1 atom stereocenters. The first-order valence-corrected chi connectivity index (χ1v) is 12.9. The highest BCUT2D eigenvalue weighted by atomic mass is 32.1. The normalized spacial score (nSPS) is 15.2. The second-order valence-corrected chi connectivity index (χ2v) is 10.3. The molecule has 14 heteroatoms. The second kappa shape index (κ2) is 13.1. The Labute approximate surface area is 224 Å². The molecule has 1 aromatic heterocycles. The topological polar surface area (TPSA) is 176 Å². The van der Waals surface area contributed by atoms with E-state index in [0.717, 1.165) is 29.1 Å². The number of nitrogens with one attached hydrogen (secondary N) is 4. The molecular formula is C24H33N7O6S. The molecule has 4 amide bonds. The lowest BCUT2D eigenvalue weighted by Crippen LogP contribution is -2.52. The highest BCUT2D eigenvalue weighted by Crippen LogP contribution is 2.28. The van der Waals surface area contributed by atoms with Gasteiger partial charge in [0.1, 0.15) is 0 Å². The number of amides is 4. The van der Waals surface area contributed by atoms with E-state index < -0.39 is 18.5 Å².